The Morgan fingerprint density at radius 3 is 1.86 bits per heavy atom. The van der Waals surface area contributed by atoms with Crippen molar-refractivity contribution < 1.29 is 33.2 Å². The highest BCUT2D eigenvalue weighted by molar-refractivity contribution is 5.81. The van der Waals surface area contributed by atoms with Gasteiger partial charge in [0.05, 0.1) is 19.8 Å². The van der Waals surface area contributed by atoms with Crippen molar-refractivity contribution in [1.29, 1.82) is 0 Å². The Morgan fingerprint density at radius 1 is 0.833 bits per heavy atom. The first-order chi connectivity index (χ1) is 17.6. The molecule has 0 fully saturated rings. The molecular formula is C29H36O7. The van der Waals surface area contributed by atoms with E-state index in [4.69, 9.17) is 34.8 Å². The number of hydrogen-bond donors (Lipinski definition) is 0. The number of hydrogen-bond acceptors (Lipinski definition) is 7. The molecular weight excluding hydrogens is 460 g/mol. The van der Waals surface area contributed by atoms with Crippen LogP contribution >= 0.6 is 0 Å². The summed E-state index contributed by atoms with van der Waals surface area (Å²) in [4.78, 5) is 12.0. The van der Waals surface area contributed by atoms with Crippen molar-refractivity contribution in [3.63, 3.8) is 0 Å². The highest BCUT2D eigenvalue weighted by atomic mass is 16.6. The summed E-state index contributed by atoms with van der Waals surface area (Å²) in [7, 11) is 4.61. The fourth-order valence-corrected chi connectivity index (χ4v) is 3.71. The summed E-state index contributed by atoms with van der Waals surface area (Å²) in [6.45, 7) is 2.59. The minimum atomic E-state index is -0.741. The molecule has 7 heteroatoms. The first kappa shape index (κ1) is 29.2. The van der Waals surface area contributed by atoms with Crippen molar-refractivity contribution in [2.24, 2.45) is 0 Å². The molecule has 2 aromatic carbocycles. The lowest BCUT2D eigenvalue weighted by atomic mass is 9.97. The van der Waals surface area contributed by atoms with E-state index >= 15 is 0 Å². The van der Waals surface area contributed by atoms with Gasteiger partial charge in [-0.3, -0.25) is 0 Å². The van der Waals surface area contributed by atoms with E-state index in [1.807, 2.05) is 60.7 Å². The van der Waals surface area contributed by atoms with Crippen molar-refractivity contribution >= 4 is 5.97 Å². The van der Waals surface area contributed by atoms with Crippen LogP contribution in [0.2, 0.25) is 0 Å². The van der Waals surface area contributed by atoms with Crippen molar-refractivity contribution in [3.8, 4) is 12.3 Å². The molecule has 0 saturated heterocycles. The van der Waals surface area contributed by atoms with E-state index in [-0.39, 0.29) is 13.2 Å². The summed E-state index contributed by atoms with van der Waals surface area (Å²) in [6.07, 6.45) is 5.24. The molecule has 7 nitrogen and oxygen atoms in total. The highest BCUT2D eigenvalue weighted by Gasteiger charge is 2.40. The van der Waals surface area contributed by atoms with Gasteiger partial charge < -0.3 is 28.4 Å². The van der Waals surface area contributed by atoms with Gasteiger partial charge in [-0.1, -0.05) is 66.6 Å². The van der Waals surface area contributed by atoms with Crippen LogP contribution < -0.4 is 0 Å². The fourth-order valence-electron chi connectivity index (χ4n) is 3.71. The van der Waals surface area contributed by atoms with Gasteiger partial charge in [-0.05, 0) is 24.1 Å². The highest BCUT2D eigenvalue weighted by Crippen LogP contribution is 2.23. The maximum absolute atomic E-state index is 12.0. The summed E-state index contributed by atoms with van der Waals surface area (Å²) < 4.78 is 34.7. The van der Waals surface area contributed by atoms with Crippen molar-refractivity contribution in [2.45, 2.75) is 50.7 Å². The monoisotopic (exact) mass is 496 g/mol. The topological polar surface area (TPSA) is 72.5 Å². The van der Waals surface area contributed by atoms with Gasteiger partial charge in [-0.15, -0.1) is 6.42 Å². The smallest absolute Gasteiger partial charge is 0.330 e. The van der Waals surface area contributed by atoms with Gasteiger partial charge in [-0.2, -0.15) is 0 Å². The molecule has 36 heavy (non-hydrogen) atoms. The predicted octanol–water partition coefficient (Wildman–Crippen LogP) is 3.95. The molecule has 0 bridgehead atoms. The van der Waals surface area contributed by atoms with E-state index in [2.05, 4.69) is 5.92 Å². The van der Waals surface area contributed by atoms with Gasteiger partial charge in [0, 0.05) is 27.4 Å². The average molecular weight is 497 g/mol. The number of esters is 1. The third-order valence-corrected chi connectivity index (χ3v) is 5.52. The minimum Gasteiger partial charge on any atom is -0.463 e. The zero-order chi connectivity index (χ0) is 26.2. The van der Waals surface area contributed by atoms with Gasteiger partial charge in [-0.25, -0.2) is 4.79 Å². The molecule has 0 aliphatic carbocycles. The number of methoxy groups -OCH3 is 3. The minimum absolute atomic E-state index is 0.268. The molecule has 0 saturated carbocycles. The summed E-state index contributed by atoms with van der Waals surface area (Å²) in [5.74, 6) is 2.19. The Kier molecular flexibility index (Phi) is 13.5. The predicted molar refractivity (Wildman–Crippen MR) is 137 cm³/mol. The summed E-state index contributed by atoms with van der Waals surface area (Å²) in [5.41, 5.74) is 1.94. The van der Waals surface area contributed by atoms with E-state index in [9.17, 15) is 4.79 Å². The maximum atomic E-state index is 12.0. The van der Waals surface area contributed by atoms with Crippen LogP contribution in [0.5, 0.6) is 0 Å². The summed E-state index contributed by atoms with van der Waals surface area (Å²) in [6, 6.07) is 19.4. The van der Waals surface area contributed by atoms with Gasteiger partial charge in [0.1, 0.15) is 30.5 Å². The number of ether oxygens (including phenoxy) is 6. The number of rotatable bonds is 16. The molecule has 0 aliphatic rings. The first-order valence-electron chi connectivity index (χ1n) is 11.8. The zero-order valence-corrected chi connectivity index (χ0v) is 21.4. The van der Waals surface area contributed by atoms with Crippen LogP contribution in [0.15, 0.2) is 72.8 Å². The second kappa shape index (κ2) is 16.6. The van der Waals surface area contributed by atoms with Crippen LogP contribution in [0.25, 0.3) is 0 Å². The Labute approximate surface area is 214 Å². The molecule has 2 rings (SSSR count). The quantitative estimate of drug-likeness (QED) is 0.198. The normalized spacial score (nSPS) is 15.5. The first-order valence-corrected chi connectivity index (χ1v) is 11.8. The average Bonchev–Trinajstić information content (AvgIpc) is 2.92. The van der Waals surface area contributed by atoms with E-state index in [1.165, 1.54) is 20.3 Å². The number of benzene rings is 2. The lowest BCUT2D eigenvalue weighted by Crippen LogP contribution is -2.52. The molecule has 0 spiro atoms. The van der Waals surface area contributed by atoms with E-state index in [1.54, 1.807) is 20.1 Å². The van der Waals surface area contributed by atoms with Crippen LogP contribution in [-0.2, 0) is 46.4 Å². The molecule has 0 heterocycles. The molecule has 5 atom stereocenters. The second-order valence-electron chi connectivity index (χ2n) is 7.86. The standard InChI is InChI=1S/C29H36O7/c1-6-24(35-20-22-14-10-8-11-15-22)27(32-4)29(33-5)28(36-21-23-16-12-9-13-17-23)25(31-3)18-19-26(30)34-7-2/h1,8-19,24-25,27-29H,7,20-21H2,2-5H3/b19-18+/t24-,25-,27-,28-,29-/m1/s1. The van der Waals surface area contributed by atoms with Crippen LogP contribution in [0.4, 0.5) is 0 Å². The molecule has 0 amide bonds. The number of carbonyl (C=O) groups is 1. The maximum Gasteiger partial charge on any atom is 0.330 e. The second-order valence-corrected chi connectivity index (χ2v) is 7.86. The van der Waals surface area contributed by atoms with E-state index < -0.39 is 36.5 Å². The summed E-state index contributed by atoms with van der Waals surface area (Å²) in [5, 5.41) is 0. The van der Waals surface area contributed by atoms with Crippen molar-refractivity contribution in [1.82, 2.24) is 0 Å². The van der Waals surface area contributed by atoms with Gasteiger partial charge >= 0.3 is 5.97 Å². The van der Waals surface area contributed by atoms with Crippen molar-refractivity contribution in [2.75, 3.05) is 27.9 Å². The van der Waals surface area contributed by atoms with Gasteiger partial charge in [0.25, 0.3) is 0 Å². The van der Waals surface area contributed by atoms with E-state index in [0.29, 0.717) is 6.61 Å². The lowest BCUT2D eigenvalue weighted by Gasteiger charge is -2.36. The molecule has 0 N–H and O–H groups in total. The molecule has 0 unspecified atom stereocenters. The third kappa shape index (κ3) is 9.23. The van der Waals surface area contributed by atoms with Crippen LogP contribution in [0.3, 0.4) is 0 Å². The van der Waals surface area contributed by atoms with Crippen LogP contribution in [-0.4, -0.2) is 64.4 Å². The number of carbonyl (C=O) groups excluding carboxylic acids is 1. The van der Waals surface area contributed by atoms with Gasteiger partial charge in [0.2, 0.25) is 0 Å². The Morgan fingerprint density at radius 2 is 1.39 bits per heavy atom. The van der Waals surface area contributed by atoms with Crippen LogP contribution in [0, 0.1) is 12.3 Å². The lowest BCUT2D eigenvalue weighted by molar-refractivity contribution is -0.175. The largest absolute Gasteiger partial charge is 0.463 e. The van der Waals surface area contributed by atoms with Gasteiger partial charge in [0.15, 0.2) is 0 Å². The Hall–Kier alpha value is -2.99. The van der Waals surface area contributed by atoms with Crippen molar-refractivity contribution in [3.05, 3.63) is 83.9 Å². The summed E-state index contributed by atoms with van der Waals surface area (Å²) >= 11 is 0. The number of terminal acetylenes is 1. The fraction of sp³-hybridized carbons (Fsp3) is 0.414. The third-order valence-electron chi connectivity index (χ3n) is 5.52. The SMILES string of the molecule is C#C[C@@H](OCc1ccccc1)[C@@H](OC)[C@@H](OC)[C@H](OCc1ccccc1)[C@@H](/C=C/C(=O)OCC)OC. The Bertz CT molecular complexity index is 939. The van der Waals surface area contributed by atoms with Crippen LogP contribution in [0.1, 0.15) is 18.1 Å². The molecule has 0 aromatic heterocycles. The Balaban J connectivity index is 2.30. The molecule has 2 aromatic rings. The molecule has 194 valence electrons. The van der Waals surface area contributed by atoms with E-state index in [0.717, 1.165) is 11.1 Å². The molecule has 0 aliphatic heterocycles. The molecule has 0 radical (unpaired) electrons. The zero-order valence-electron chi connectivity index (χ0n) is 21.4.